The summed E-state index contributed by atoms with van der Waals surface area (Å²) in [7, 11) is 1.70. The number of aryl methyl sites for hydroxylation is 1. The van der Waals surface area contributed by atoms with Crippen LogP contribution in [0.3, 0.4) is 0 Å². The zero-order valence-electron chi connectivity index (χ0n) is 12.1. The van der Waals surface area contributed by atoms with Crippen LogP contribution in [0.4, 0.5) is 0 Å². The summed E-state index contributed by atoms with van der Waals surface area (Å²) in [4.78, 5) is 0. The number of aliphatic hydroxyl groups excluding tert-OH is 1. The molecule has 1 aromatic carbocycles. The van der Waals surface area contributed by atoms with Crippen molar-refractivity contribution in [3.8, 4) is 5.75 Å². The fourth-order valence-corrected chi connectivity index (χ4v) is 2.74. The number of ether oxygens (including phenoxy) is 2. The number of methoxy groups -OCH3 is 1. The summed E-state index contributed by atoms with van der Waals surface area (Å²) in [5.74, 6) is 1.50. The summed E-state index contributed by atoms with van der Waals surface area (Å²) in [6.45, 7) is 6.07. The van der Waals surface area contributed by atoms with Crippen molar-refractivity contribution >= 4 is 0 Å². The van der Waals surface area contributed by atoms with E-state index < -0.39 is 0 Å². The van der Waals surface area contributed by atoms with Gasteiger partial charge in [-0.1, -0.05) is 26.0 Å². The van der Waals surface area contributed by atoms with Gasteiger partial charge >= 0.3 is 0 Å². The molecule has 0 amide bonds. The Kier molecular flexibility index (Phi) is 4.48. The van der Waals surface area contributed by atoms with E-state index in [0.717, 1.165) is 31.8 Å². The maximum Gasteiger partial charge on any atom is 0.122 e. The van der Waals surface area contributed by atoms with Crippen molar-refractivity contribution in [2.45, 2.75) is 32.1 Å². The molecular formula is C16H24O3. The van der Waals surface area contributed by atoms with E-state index >= 15 is 0 Å². The Labute approximate surface area is 115 Å². The van der Waals surface area contributed by atoms with Crippen molar-refractivity contribution in [1.29, 1.82) is 0 Å². The first-order valence-corrected chi connectivity index (χ1v) is 6.99. The van der Waals surface area contributed by atoms with Gasteiger partial charge in [-0.15, -0.1) is 0 Å². The Bertz CT molecular complexity index is 426. The highest BCUT2D eigenvalue weighted by Gasteiger charge is 2.33. The molecule has 3 heteroatoms. The standard InChI is InChI=1S/C16H24O3/c1-4-13-7-14(5-6-15(13)18-3)16(2,11-17)8-12-9-19-10-12/h5-7,12,17H,4,8-11H2,1-3H3. The molecule has 0 radical (unpaired) electrons. The second-order valence-electron chi connectivity index (χ2n) is 5.71. The number of hydrogen-bond donors (Lipinski definition) is 1. The van der Waals surface area contributed by atoms with Crippen LogP contribution >= 0.6 is 0 Å². The molecule has 1 aromatic rings. The van der Waals surface area contributed by atoms with Crippen LogP contribution in [0.2, 0.25) is 0 Å². The molecule has 0 aliphatic carbocycles. The van der Waals surface area contributed by atoms with Crippen molar-refractivity contribution in [3.63, 3.8) is 0 Å². The maximum atomic E-state index is 9.83. The van der Waals surface area contributed by atoms with Crippen LogP contribution in [0.15, 0.2) is 18.2 Å². The summed E-state index contributed by atoms with van der Waals surface area (Å²) in [5, 5.41) is 9.83. The van der Waals surface area contributed by atoms with E-state index in [4.69, 9.17) is 9.47 Å². The predicted octanol–water partition coefficient (Wildman–Crippen LogP) is 2.54. The number of benzene rings is 1. The molecule has 1 saturated heterocycles. The lowest BCUT2D eigenvalue weighted by molar-refractivity contribution is -0.0485. The minimum absolute atomic E-state index is 0.166. The molecule has 0 saturated carbocycles. The molecule has 1 fully saturated rings. The summed E-state index contributed by atoms with van der Waals surface area (Å²) in [5.41, 5.74) is 2.20. The number of hydrogen-bond acceptors (Lipinski definition) is 3. The Morgan fingerprint density at radius 3 is 2.63 bits per heavy atom. The fourth-order valence-electron chi connectivity index (χ4n) is 2.74. The molecule has 1 aliphatic rings. The summed E-state index contributed by atoms with van der Waals surface area (Å²) in [6.07, 6.45) is 1.91. The van der Waals surface area contributed by atoms with Gasteiger partial charge in [0.2, 0.25) is 0 Å². The van der Waals surface area contributed by atoms with Crippen LogP contribution in [-0.4, -0.2) is 32.0 Å². The van der Waals surface area contributed by atoms with Crippen molar-refractivity contribution < 1.29 is 14.6 Å². The van der Waals surface area contributed by atoms with E-state index in [9.17, 15) is 5.11 Å². The van der Waals surface area contributed by atoms with Crippen LogP contribution in [0, 0.1) is 5.92 Å². The van der Waals surface area contributed by atoms with Gasteiger partial charge in [-0.3, -0.25) is 0 Å². The van der Waals surface area contributed by atoms with Crippen molar-refractivity contribution in [3.05, 3.63) is 29.3 Å². The lowest BCUT2D eigenvalue weighted by Gasteiger charge is -2.36. The third-order valence-corrected chi connectivity index (χ3v) is 4.15. The predicted molar refractivity (Wildman–Crippen MR) is 75.7 cm³/mol. The first kappa shape index (κ1) is 14.4. The Morgan fingerprint density at radius 1 is 1.42 bits per heavy atom. The molecule has 1 aliphatic heterocycles. The van der Waals surface area contributed by atoms with Crippen LogP contribution in [-0.2, 0) is 16.6 Å². The van der Waals surface area contributed by atoms with E-state index in [2.05, 4.69) is 26.0 Å². The molecule has 2 rings (SSSR count). The van der Waals surface area contributed by atoms with Crippen molar-refractivity contribution in [2.75, 3.05) is 26.9 Å². The second kappa shape index (κ2) is 5.93. The van der Waals surface area contributed by atoms with E-state index in [1.807, 2.05) is 6.07 Å². The molecule has 1 unspecified atom stereocenters. The van der Waals surface area contributed by atoms with Crippen LogP contribution in [0.5, 0.6) is 5.75 Å². The molecule has 106 valence electrons. The minimum atomic E-state index is -0.190. The Morgan fingerprint density at radius 2 is 2.16 bits per heavy atom. The molecule has 1 heterocycles. The third kappa shape index (κ3) is 2.93. The van der Waals surface area contributed by atoms with Gasteiger partial charge < -0.3 is 14.6 Å². The normalized spacial score (nSPS) is 18.7. The summed E-state index contributed by atoms with van der Waals surface area (Å²) < 4.78 is 10.6. The third-order valence-electron chi connectivity index (χ3n) is 4.15. The van der Waals surface area contributed by atoms with Crippen LogP contribution < -0.4 is 4.74 Å². The van der Waals surface area contributed by atoms with Gasteiger partial charge in [0.25, 0.3) is 0 Å². The molecule has 0 spiro atoms. The van der Waals surface area contributed by atoms with Crippen molar-refractivity contribution in [2.24, 2.45) is 5.92 Å². The molecule has 3 nitrogen and oxygen atoms in total. The van der Waals surface area contributed by atoms with Gasteiger partial charge in [-0.05, 0) is 30.0 Å². The molecule has 19 heavy (non-hydrogen) atoms. The van der Waals surface area contributed by atoms with E-state index in [-0.39, 0.29) is 12.0 Å². The van der Waals surface area contributed by atoms with Gasteiger partial charge in [-0.2, -0.15) is 0 Å². The average molecular weight is 264 g/mol. The van der Waals surface area contributed by atoms with Gasteiger partial charge in [0.15, 0.2) is 0 Å². The SMILES string of the molecule is CCc1cc(C(C)(CO)CC2COC2)ccc1OC. The van der Waals surface area contributed by atoms with Gasteiger partial charge in [0.1, 0.15) is 5.75 Å². The lowest BCUT2D eigenvalue weighted by Crippen LogP contribution is -2.37. The van der Waals surface area contributed by atoms with Gasteiger partial charge in [-0.25, -0.2) is 0 Å². The highest BCUT2D eigenvalue weighted by Crippen LogP contribution is 2.35. The summed E-state index contributed by atoms with van der Waals surface area (Å²) >= 11 is 0. The fraction of sp³-hybridized carbons (Fsp3) is 0.625. The van der Waals surface area contributed by atoms with E-state index in [1.54, 1.807) is 7.11 Å². The molecule has 1 N–H and O–H groups in total. The van der Waals surface area contributed by atoms with E-state index in [1.165, 1.54) is 11.1 Å². The lowest BCUT2D eigenvalue weighted by atomic mass is 9.75. The number of rotatable bonds is 6. The van der Waals surface area contributed by atoms with Gasteiger partial charge in [0, 0.05) is 11.3 Å². The maximum absolute atomic E-state index is 9.83. The van der Waals surface area contributed by atoms with Gasteiger partial charge in [0.05, 0.1) is 26.9 Å². The number of aliphatic hydroxyl groups is 1. The highest BCUT2D eigenvalue weighted by molar-refractivity contribution is 5.40. The Balaban J connectivity index is 2.25. The highest BCUT2D eigenvalue weighted by atomic mass is 16.5. The molecule has 0 bridgehead atoms. The second-order valence-corrected chi connectivity index (χ2v) is 5.71. The average Bonchev–Trinajstić information content (AvgIpc) is 2.41. The largest absolute Gasteiger partial charge is 0.496 e. The monoisotopic (exact) mass is 264 g/mol. The zero-order valence-corrected chi connectivity index (χ0v) is 12.1. The smallest absolute Gasteiger partial charge is 0.122 e. The van der Waals surface area contributed by atoms with Crippen molar-refractivity contribution in [1.82, 2.24) is 0 Å². The zero-order chi connectivity index (χ0) is 13.9. The quantitative estimate of drug-likeness (QED) is 0.858. The molecule has 0 aromatic heterocycles. The van der Waals surface area contributed by atoms with Crippen LogP contribution in [0.25, 0.3) is 0 Å². The first-order valence-electron chi connectivity index (χ1n) is 6.99. The molecule has 1 atom stereocenters. The Hall–Kier alpha value is -1.06. The topological polar surface area (TPSA) is 38.7 Å². The first-order chi connectivity index (χ1) is 9.12. The molecular weight excluding hydrogens is 240 g/mol. The van der Waals surface area contributed by atoms with Crippen LogP contribution in [0.1, 0.15) is 31.4 Å². The minimum Gasteiger partial charge on any atom is -0.496 e. The van der Waals surface area contributed by atoms with E-state index in [0.29, 0.717) is 5.92 Å². The summed E-state index contributed by atoms with van der Waals surface area (Å²) in [6, 6.07) is 6.27.